The number of anilines is 1. The molecule has 0 bridgehead atoms. The molecule has 10 heteroatoms. The fourth-order valence-electron chi connectivity index (χ4n) is 1.27. The smallest absolute Gasteiger partial charge is 0.272 e. The largest absolute Gasteiger partial charge is 0.364 e. The fraction of sp³-hybridized carbons (Fsp3) is 0. The Morgan fingerprint density at radius 3 is 2.75 bits per heavy atom. The summed E-state index contributed by atoms with van der Waals surface area (Å²) in [5, 5.41) is 18.3. The van der Waals surface area contributed by atoms with Crippen LogP contribution in [0, 0.1) is 10.1 Å². The van der Waals surface area contributed by atoms with E-state index in [0.717, 1.165) is 11.5 Å². The number of hydrazone groups is 1. The van der Waals surface area contributed by atoms with Crippen molar-refractivity contribution >= 4 is 34.3 Å². The number of nitrogens with one attached hydrogen (secondary N) is 1. The van der Waals surface area contributed by atoms with E-state index in [-0.39, 0.29) is 11.4 Å². The molecular formula is C10H8N6O3S. The van der Waals surface area contributed by atoms with Crippen molar-refractivity contribution in [2.24, 2.45) is 10.8 Å². The summed E-state index contributed by atoms with van der Waals surface area (Å²) in [4.78, 5) is 21.0. The van der Waals surface area contributed by atoms with Gasteiger partial charge in [0.05, 0.1) is 11.1 Å². The highest BCUT2D eigenvalue weighted by atomic mass is 32.1. The first-order valence-electron chi connectivity index (χ1n) is 5.23. The van der Waals surface area contributed by atoms with E-state index < -0.39 is 10.8 Å². The highest BCUT2D eigenvalue weighted by Gasteiger charge is 2.12. The van der Waals surface area contributed by atoms with Crippen LogP contribution in [0.1, 0.15) is 16.1 Å². The van der Waals surface area contributed by atoms with Gasteiger partial charge in [0.2, 0.25) is 0 Å². The Hall–Kier alpha value is -2.88. The van der Waals surface area contributed by atoms with Crippen molar-refractivity contribution in [1.82, 2.24) is 9.59 Å². The third kappa shape index (κ3) is 3.11. The first kappa shape index (κ1) is 13.5. The first-order chi connectivity index (χ1) is 9.58. The molecule has 2 aromatic rings. The molecule has 0 unspecified atom stereocenters. The Bertz CT molecular complexity index is 666. The number of nitrogens with two attached hydrogens (primary N) is 1. The first-order valence-corrected chi connectivity index (χ1v) is 6.01. The van der Waals surface area contributed by atoms with Crippen molar-refractivity contribution in [3.63, 3.8) is 0 Å². The van der Waals surface area contributed by atoms with Crippen LogP contribution in [0.4, 0.5) is 10.7 Å². The number of non-ortho nitro benzene ring substituents is 1. The van der Waals surface area contributed by atoms with Gasteiger partial charge in [-0.15, -0.1) is 5.10 Å². The second-order valence-electron chi connectivity index (χ2n) is 3.53. The van der Waals surface area contributed by atoms with Crippen molar-refractivity contribution in [1.29, 1.82) is 0 Å². The lowest BCUT2D eigenvalue weighted by Crippen LogP contribution is -2.13. The summed E-state index contributed by atoms with van der Waals surface area (Å²) >= 11 is 0.943. The van der Waals surface area contributed by atoms with E-state index in [4.69, 9.17) is 5.73 Å². The molecule has 1 aromatic carbocycles. The molecule has 0 saturated heterocycles. The zero-order valence-corrected chi connectivity index (χ0v) is 10.7. The molecule has 0 radical (unpaired) electrons. The molecular weight excluding hydrogens is 284 g/mol. The molecule has 102 valence electrons. The van der Waals surface area contributed by atoms with Crippen molar-refractivity contribution in [3.8, 4) is 0 Å². The Kier molecular flexibility index (Phi) is 3.96. The number of aromatic nitrogens is 2. The molecule has 0 saturated carbocycles. The fourth-order valence-corrected chi connectivity index (χ4v) is 1.80. The summed E-state index contributed by atoms with van der Waals surface area (Å²) in [7, 11) is 0. The van der Waals surface area contributed by atoms with Gasteiger partial charge < -0.3 is 5.73 Å². The van der Waals surface area contributed by atoms with Crippen molar-refractivity contribution < 1.29 is 9.72 Å². The number of primary amides is 1. The molecule has 1 heterocycles. The molecule has 0 aliphatic carbocycles. The average molecular weight is 292 g/mol. The molecule has 9 nitrogen and oxygen atoms in total. The molecule has 0 spiro atoms. The van der Waals surface area contributed by atoms with Gasteiger partial charge >= 0.3 is 0 Å². The molecule has 0 aliphatic heterocycles. The lowest BCUT2D eigenvalue weighted by molar-refractivity contribution is -0.384. The summed E-state index contributed by atoms with van der Waals surface area (Å²) in [6.45, 7) is 0. The maximum Gasteiger partial charge on any atom is 0.272 e. The molecule has 20 heavy (non-hydrogen) atoms. The van der Waals surface area contributed by atoms with Gasteiger partial charge in [-0.25, -0.2) is 0 Å². The number of benzene rings is 1. The average Bonchev–Trinajstić information content (AvgIpc) is 2.88. The maximum absolute atomic E-state index is 11.0. The normalized spacial score (nSPS) is 10.6. The number of carbonyl (C=O) groups excluding carboxylic acids is 1. The summed E-state index contributed by atoms with van der Waals surface area (Å²) in [6.07, 6.45) is 1.44. The minimum absolute atomic E-state index is 0.00205. The van der Waals surface area contributed by atoms with Crippen molar-refractivity contribution in [2.45, 2.75) is 0 Å². The molecule has 2 rings (SSSR count). The minimum atomic E-state index is -0.702. The predicted octanol–water partition coefficient (Wildman–Crippen LogP) is 0.991. The number of hydrogen-bond acceptors (Lipinski definition) is 8. The quantitative estimate of drug-likeness (QED) is 0.479. The summed E-state index contributed by atoms with van der Waals surface area (Å²) < 4.78 is 3.58. The van der Waals surface area contributed by atoms with Gasteiger partial charge in [0.1, 0.15) is 0 Å². The van der Waals surface area contributed by atoms with Crippen LogP contribution in [0.3, 0.4) is 0 Å². The zero-order valence-electron chi connectivity index (χ0n) is 9.89. The third-order valence-electron chi connectivity index (χ3n) is 2.21. The van der Waals surface area contributed by atoms with E-state index in [0.29, 0.717) is 10.6 Å². The zero-order chi connectivity index (χ0) is 14.5. The number of nitro groups is 1. The van der Waals surface area contributed by atoms with Crippen molar-refractivity contribution in [2.75, 3.05) is 5.43 Å². The van der Waals surface area contributed by atoms with Gasteiger partial charge in [0, 0.05) is 23.7 Å². The van der Waals surface area contributed by atoms with Gasteiger partial charge in [-0.1, -0.05) is 4.49 Å². The topological polar surface area (TPSA) is 136 Å². The van der Waals surface area contributed by atoms with E-state index in [1.54, 1.807) is 12.1 Å². The molecule has 0 atom stereocenters. The second-order valence-corrected chi connectivity index (χ2v) is 4.29. The molecule has 0 fully saturated rings. The Morgan fingerprint density at radius 1 is 1.45 bits per heavy atom. The minimum Gasteiger partial charge on any atom is -0.364 e. The third-order valence-corrected chi connectivity index (χ3v) is 2.84. The van der Waals surface area contributed by atoms with E-state index in [1.807, 2.05) is 0 Å². The van der Waals surface area contributed by atoms with Crippen LogP contribution in [0.25, 0.3) is 0 Å². The molecule has 1 amide bonds. The standard InChI is InChI=1S/C10H8N6O3S/c11-9(17)8-10(20-15-13-8)14-12-5-6-1-3-7(4-2-6)16(18)19/h1-5,14H,(H2,11,17)/b12-5-. The predicted molar refractivity (Wildman–Crippen MR) is 72.7 cm³/mol. The van der Waals surface area contributed by atoms with Gasteiger partial charge in [-0.3, -0.25) is 20.3 Å². The van der Waals surface area contributed by atoms with Gasteiger partial charge in [0.15, 0.2) is 10.7 Å². The van der Waals surface area contributed by atoms with Crippen LogP contribution in [0.15, 0.2) is 29.4 Å². The van der Waals surface area contributed by atoms with Crippen LogP contribution in [0.2, 0.25) is 0 Å². The number of nitrogens with zero attached hydrogens (tertiary/aromatic N) is 4. The van der Waals surface area contributed by atoms with Gasteiger partial charge in [-0.2, -0.15) is 5.10 Å². The number of carbonyl (C=O) groups is 1. The summed E-state index contributed by atoms with van der Waals surface area (Å²) in [5.41, 5.74) is 8.35. The highest BCUT2D eigenvalue weighted by Crippen LogP contribution is 2.16. The second kappa shape index (κ2) is 5.84. The SMILES string of the molecule is NC(=O)c1nnsc1N/N=C\c1ccc([N+](=O)[O-])cc1. The van der Waals surface area contributed by atoms with E-state index in [2.05, 4.69) is 20.1 Å². The van der Waals surface area contributed by atoms with E-state index >= 15 is 0 Å². The maximum atomic E-state index is 11.0. The van der Waals surface area contributed by atoms with Crippen LogP contribution in [-0.2, 0) is 0 Å². The van der Waals surface area contributed by atoms with Crippen LogP contribution >= 0.6 is 11.5 Å². The monoisotopic (exact) mass is 292 g/mol. The Morgan fingerprint density at radius 2 is 2.15 bits per heavy atom. The Labute approximate surface area is 116 Å². The van der Waals surface area contributed by atoms with E-state index in [1.165, 1.54) is 18.3 Å². The van der Waals surface area contributed by atoms with Crippen LogP contribution < -0.4 is 11.2 Å². The molecule has 3 N–H and O–H groups in total. The van der Waals surface area contributed by atoms with E-state index in [9.17, 15) is 14.9 Å². The van der Waals surface area contributed by atoms with Crippen LogP contribution in [-0.4, -0.2) is 26.6 Å². The Balaban J connectivity index is 2.04. The lowest BCUT2D eigenvalue weighted by atomic mass is 10.2. The van der Waals surface area contributed by atoms with Crippen LogP contribution in [0.5, 0.6) is 0 Å². The summed E-state index contributed by atoms with van der Waals surface area (Å²) in [5.74, 6) is -0.702. The van der Waals surface area contributed by atoms with Gasteiger partial charge in [0.25, 0.3) is 11.6 Å². The lowest BCUT2D eigenvalue weighted by Gasteiger charge is -1.96. The highest BCUT2D eigenvalue weighted by molar-refractivity contribution is 7.10. The molecule has 0 aliphatic rings. The van der Waals surface area contributed by atoms with Gasteiger partial charge in [-0.05, 0) is 17.7 Å². The number of amides is 1. The van der Waals surface area contributed by atoms with Crippen molar-refractivity contribution in [3.05, 3.63) is 45.6 Å². The number of rotatable bonds is 5. The summed E-state index contributed by atoms with van der Waals surface area (Å²) in [6, 6.07) is 5.82. The molecule has 1 aromatic heterocycles. The number of hydrogen-bond donors (Lipinski definition) is 2. The number of nitro benzene ring substituents is 1.